The maximum atomic E-state index is 11.6. The smallest absolute Gasteiger partial charge is 0.407 e. The van der Waals surface area contributed by atoms with Gasteiger partial charge in [-0.3, -0.25) is 0 Å². The molecule has 0 saturated carbocycles. The molecule has 0 saturated heterocycles. The summed E-state index contributed by atoms with van der Waals surface area (Å²) in [4.78, 5) is 22.0. The van der Waals surface area contributed by atoms with Crippen molar-refractivity contribution < 1.29 is 14.3 Å². The highest BCUT2D eigenvalue weighted by Gasteiger charge is 2.16. The van der Waals surface area contributed by atoms with Crippen LogP contribution in [0.1, 0.15) is 25.8 Å². The van der Waals surface area contributed by atoms with Crippen molar-refractivity contribution in [1.29, 1.82) is 0 Å². The molecule has 0 aliphatic heterocycles. The van der Waals surface area contributed by atoms with Gasteiger partial charge in [-0.15, -0.1) is 0 Å². The Bertz CT molecular complexity index is 376. The predicted octanol–water partition coefficient (Wildman–Crippen LogP) is 2.53. The van der Waals surface area contributed by atoms with Crippen molar-refractivity contribution in [3.05, 3.63) is 35.9 Å². The number of ether oxygens (including phenoxy) is 1. The molecule has 18 heavy (non-hydrogen) atoms. The highest BCUT2D eigenvalue weighted by atomic mass is 16.5. The van der Waals surface area contributed by atoms with Gasteiger partial charge in [0, 0.05) is 12.5 Å². The van der Waals surface area contributed by atoms with Crippen LogP contribution in [-0.4, -0.2) is 18.4 Å². The van der Waals surface area contributed by atoms with Crippen molar-refractivity contribution in [3.63, 3.8) is 0 Å². The molecule has 4 heteroatoms. The summed E-state index contributed by atoms with van der Waals surface area (Å²) >= 11 is 0. The molecule has 98 valence electrons. The number of aldehydes is 1. The summed E-state index contributed by atoms with van der Waals surface area (Å²) in [5.41, 5.74) is 0.934. The summed E-state index contributed by atoms with van der Waals surface area (Å²) in [5, 5.41) is 2.70. The Balaban J connectivity index is 2.38. The van der Waals surface area contributed by atoms with E-state index in [9.17, 15) is 9.59 Å². The van der Waals surface area contributed by atoms with E-state index in [1.165, 1.54) is 0 Å². The molecule has 0 aromatic heterocycles. The second-order valence-electron chi connectivity index (χ2n) is 4.46. The Morgan fingerprint density at radius 3 is 2.56 bits per heavy atom. The molecule has 1 atom stereocenters. The third-order valence-electron chi connectivity index (χ3n) is 2.67. The lowest BCUT2D eigenvalue weighted by Crippen LogP contribution is -2.39. The zero-order valence-electron chi connectivity index (χ0n) is 10.8. The van der Waals surface area contributed by atoms with E-state index in [4.69, 9.17) is 4.74 Å². The summed E-state index contributed by atoms with van der Waals surface area (Å²) in [6.45, 7) is 4.13. The number of hydrogen-bond acceptors (Lipinski definition) is 3. The third kappa shape index (κ3) is 4.99. The van der Waals surface area contributed by atoms with Crippen LogP contribution in [0.25, 0.3) is 0 Å². The van der Waals surface area contributed by atoms with Crippen LogP contribution in [0.4, 0.5) is 4.79 Å². The maximum absolute atomic E-state index is 11.6. The molecule has 1 aromatic rings. The van der Waals surface area contributed by atoms with E-state index in [-0.39, 0.29) is 18.6 Å². The average molecular weight is 249 g/mol. The second-order valence-corrected chi connectivity index (χ2v) is 4.46. The van der Waals surface area contributed by atoms with Crippen LogP contribution >= 0.6 is 0 Å². The lowest BCUT2D eigenvalue weighted by atomic mass is 10.0. The first kappa shape index (κ1) is 14.2. The number of nitrogens with one attached hydrogen (secondary N) is 1. The van der Waals surface area contributed by atoms with Crippen molar-refractivity contribution >= 4 is 12.4 Å². The van der Waals surface area contributed by atoms with E-state index in [1.54, 1.807) is 0 Å². The van der Waals surface area contributed by atoms with Crippen LogP contribution in [0.15, 0.2) is 30.3 Å². The Morgan fingerprint density at radius 1 is 1.33 bits per heavy atom. The van der Waals surface area contributed by atoms with Gasteiger partial charge in [0.2, 0.25) is 0 Å². The van der Waals surface area contributed by atoms with Crippen molar-refractivity contribution in [2.75, 3.05) is 0 Å². The van der Waals surface area contributed by atoms with E-state index in [1.807, 2.05) is 44.2 Å². The van der Waals surface area contributed by atoms with Gasteiger partial charge < -0.3 is 14.8 Å². The SMILES string of the molecule is CC(C)[C@@H](CC=O)NC(=O)OCc1ccccc1. The Morgan fingerprint density at radius 2 is 2.00 bits per heavy atom. The first-order valence-electron chi connectivity index (χ1n) is 6.04. The minimum atomic E-state index is -0.487. The number of amides is 1. The fourth-order valence-corrected chi connectivity index (χ4v) is 1.52. The standard InChI is InChI=1S/C14H19NO3/c1-11(2)13(8-9-16)15-14(17)18-10-12-6-4-3-5-7-12/h3-7,9,11,13H,8,10H2,1-2H3,(H,15,17)/t13-/m1/s1. The zero-order valence-corrected chi connectivity index (χ0v) is 10.8. The molecule has 1 rings (SSSR count). The van der Waals surface area contributed by atoms with Crippen LogP contribution in [0, 0.1) is 5.92 Å². The van der Waals surface area contributed by atoms with Gasteiger partial charge in [0.15, 0.2) is 0 Å². The van der Waals surface area contributed by atoms with Crippen LogP contribution in [-0.2, 0) is 16.1 Å². The van der Waals surface area contributed by atoms with Crippen LogP contribution in [0.5, 0.6) is 0 Å². The lowest BCUT2D eigenvalue weighted by molar-refractivity contribution is -0.108. The van der Waals surface area contributed by atoms with E-state index < -0.39 is 6.09 Å². The number of rotatable bonds is 6. The molecule has 0 heterocycles. The summed E-state index contributed by atoms with van der Waals surface area (Å²) in [6.07, 6.45) is 0.625. The predicted molar refractivity (Wildman–Crippen MR) is 69.1 cm³/mol. The molecule has 0 spiro atoms. The quantitative estimate of drug-likeness (QED) is 0.788. The van der Waals surface area contributed by atoms with Gasteiger partial charge in [0.05, 0.1) is 0 Å². The molecular weight excluding hydrogens is 230 g/mol. The summed E-state index contributed by atoms with van der Waals surface area (Å²) in [6, 6.07) is 9.28. The van der Waals surface area contributed by atoms with Gasteiger partial charge in [-0.1, -0.05) is 44.2 Å². The molecule has 1 N–H and O–H groups in total. The molecular formula is C14H19NO3. The monoisotopic (exact) mass is 249 g/mol. The van der Waals surface area contributed by atoms with Crippen LogP contribution in [0.3, 0.4) is 0 Å². The molecule has 1 amide bonds. The van der Waals surface area contributed by atoms with Crippen LogP contribution < -0.4 is 5.32 Å². The highest BCUT2D eigenvalue weighted by molar-refractivity contribution is 5.68. The van der Waals surface area contributed by atoms with Gasteiger partial charge >= 0.3 is 6.09 Å². The van der Waals surface area contributed by atoms with Gasteiger partial charge in [0.1, 0.15) is 12.9 Å². The minimum Gasteiger partial charge on any atom is -0.445 e. The summed E-state index contributed by atoms with van der Waals surface area (Å²) in [5.74, 6) is 0.194. The Labute approximate surface area is 107 Å². The van der Waals surface area contributed by atoms with E-state index in [0.717, 1.165) is 11.8 Å². The number of benzene rings is 1. The number of hydrogen-bond donors (Lipinski definition) is 1. The van der Waals surface area contributed by atoms with Gasteiger partial charge in [-0.05, 0) is 11.5 Å². The van der Waals surface area contributed by atoms with Crippen LogP contribution in [0.2, 0.25) is 0 Å². The van der Waals surface area contributed by atoms with Crippen molar-refractivity contribution in [1.82, 2.24) is 5.32 Å². The Kier molecular flexibility index (Phi) is 5.91. The molecule has 4 nitrogen and oxygen atoms in total. The zero-order chi connectivity index (χ0) is 13.4. The van der Waals surface area contributed by atoms with Gasteiger partial charge in [-0.2, -0.15) is 0 Å². The van der Waals surface area contributed by atoms with Crippen molar-refractivity contribution in [3.8, 4) is 0 Å². The van der Waals surface area contributed by atoms with Crippen molar-refractivity contribution in [2.24, 2.45) is 5.92 Å². The first-order valence-corrected chi connectivity index (χ1v) is 6.04. The normalized spacial score (nSPS) is 11.9. The highest BCUT2D eigenvalue weighted by Crippen LogP contribution is 2.06. The third-order valence-corrected chi connectivity index (χ3v) is 2.67. The van der Waals surface area contributed by atoms with E-state index in [0.29, 0.717) is 6.42 Å². The molecule has 1 aromatic carbocycles. The van der Waals surface area contributed by atoms with E-state index >= 15 is 0 Å². The lowest BCUT2D eigenvalue weighted by Gasteiger charge is -2.19. The molecule has 0 unspecified atom stereocenters. The van der Waals surface area contributed by atoms with Gasteiger partial charge in [0.25, 0.3) is 0 Å². The fourth-order valence-electron chi connectivity index (χ4n) is 1.52. The maximum Gasteiger partial charge on any atom is 0.407 e. The average Bonchev–Trinajstić information content (AvgIpc) is 2.37. The largest absolute Gasteiger partial charge is 0.445 e. The summed E-state index contributed by atoms with van der Waals surface area (Å²) < 4.78 is 5.09. The fraction of sp³-hybridized carbons (Fsp3) is 0.429. The number of alkyl carbamates (subject to hydrolysis) is 1. The molecule has 0 aliphatic rings. The summed E-state index contributed by atoms with van der Waals surface area (Å²) in [7, 11) is 0. The molecule has 0 bridgehead atoms. The number of carbonyl (C=O) groups excluding carboxylic acids is 2. The minimum absolute atomic E-state index is 0.175. The molecule has 0 fully saturated rings. The van der Waals surface area contributed by atoms with E-state index in [2.05, 4.69) is 5.32 Å². The second kappa shape index (κ2) is 7.48. The molecule has 0 aliphatic carbocycles. The number of carbonyl (C=O) groups is 2. The first-order chi connectivity index (χ1) is 8.63. The topological polar surface area (TPSA) is 55.4 Å². The van der Waals surface area contributed by atoms with Gasteiger partial charge in [-0.25, -0.2) is 4.79 Å². The Hall–Kier alpha value is -1.84. The van der Waals surface area contributed by atoms with Crippen molar-refractivity contribution in [2.45, 2.75) is 32.9 Å². The molecule has 0 radical (unpaired) electrons.